The second-order valence-corrected chi connectivity index (χ2v) is 5.35. The molecule has 3 aromatic rings. The lowest BCUT2D eigenvalue weighted by atomic mass is 10.0. The van der Waals surface area contributed by atoms with Gasteiger partial charge in [0.25, 0.3) is 0 Å². The summed E-state index contributed by atoms with van der Waals surface area (Å²) in [6.45, 7) is 1.93. The fraction of sp³-hybridized carbons (Fsp3) is 0.118. The maximum Gasteiger partial charge on any atom is 0.0702 e. The van der Waals surface area contributed by atoms with E-state index in [4.69, 9.17) is 17.3 Å². The highest BCUT2D eigenvalue weighted by molar-refractivity contribution is 6.31. The smallest absolute Gasteiger partial charge is 0.0702 e. The zero-order valence-corrected chi connectivity index (χ0v) is 11.9. The number of halogens is 1. The molecule has 0 saturated carbocycles. The number of hydrogen-bond acceptors (Lipinski definition) is 2. The topological polar surface area (TPSA) is 38.9 Å². The third kappa shape index (κ3) is 2.40. The van der Waals surface area contributed by atoms with E-state index >= 15 is 0 Å². The van der Waals surface area contributed by atoms with Gasteiger partial charge in [0, 0.05) is 28.2 Å². The minimum absolute atomic E-state index is 0.0636. The SMILES string of the molecule is CC(N)c1ccc(-c2cnc3ccccc3c2)cc1Cl. The van der Waals surface area contributed by atoms with Crippen molar-refractivity contribution < 1.29 is 0 Å². The van der Waals surface area contributed by atoms with Crippen LogP contribution in [0.4, 0.5) is 0 Å². The highest BCUT2D eigenvalue weighted by atomic mass is 35.5. The zero-order chi connectivity index (χ0) is 14.1. The van der Waals surface area contributed by atoms with E-state index in [-0.39, 0.29) is 6.04 Å². The molecule has 2 nitrogen and oxygen atoms in total. The van der Waals surface area contributed by atoms with E-state index in [0.29, 0.717) is 5.02 Å². The fourth-order valence-corrected chi connectivity index (χ4v) is 2.66. The molecule has 0 saturated heterocycles. The maximum absolute atomic E-state index is 6.29. The Morgan fingerprint density at radius 2 is 1.85 bits per heavy atom. The van der Waals surface area contributed by atoms with Crippen molar-refractivity contribution >= 4 is 22.5 Å². The zero-order valence-electron chi connectivity index (χ0n) is 11.2. The Bertz CT molecular complexity index is 766. The Labute approximate surface area is 123 Å². The van der Waals surface area contributed by atoms with Crippen LogP contribution in [0.5, 0.6) is 0 Å². The first kappa shape index (κ1) is 13.1. The van der Waals surface area contributed by atoms with Gasteiger partial charge in [-0.15, -0.1) is 0 Å². The van der Waals surface area contributed by atoms with Crippen molar-refractivity contribution in [3.63, 3.8) is 0 Å². The third-order valence-corrected chi connectivity index (χ3v) is 3.74. The molecule has 0 fully saturated rings. The molecule has 0 aliphatic carbocycles. The second kappa shape index (κ2) is 5.23. The minimum atomic E-state index is -0.0636. The Morgan fingerprint density at radius 1 is 1.05 bits per heavy atom. The number of para-hydroxylation sites is 1. The summed E-state index contributed by atoms with van der Waals surface area (Å²) in [4.78, 5) is 4.48. The van der Waals surface area contributed by atoms with Crippen LogP contribution in [-0.2, 0) is 0 Å². The lowest BCUT2D eigenvalue weighted by Gasteiger charge is -2.10. The van der Waals surface area contributed by atoms with Crippen molar-refractivity contribution in [1.82, 2.24) is 4.98 Å². The van der Waals surface area contributed by atoms with Crippen LogP contribution in [0.2, 0.25) is 5.02 Å². The number of pyridine rings is 1. The normalized spacial score (nSPS) is 12.6. The molecule has 1 atom stereocenters. The van der Waals surface area contributed by atoms with Gasteiger partial charge in [0.05, 0.1) is 5.52 Å². The second-order valence-electron chi connectivity index (χ2n) is 4.94. The molecule has 0 aliphatic heterocycles. The number of nitrogens with zero attached hydrogens (tertiary/aromatic N) is 1. The van der Waals surface area contributed by atoms with Gasteiger partial charge in [0.2, 0.25) is 0 Å². The van der Waals surface area contributed by atoms with Gasteiger partial charge >= 0.3 is 0 Å². The molecule has 1 heterocycles. The van der Waals surface area contributed by atoms with Crippen LogP contribution >= 0.6 is 11.6 Å². The third-order valence-electron chi connectivity index (χ3n) is 3.41. The van der Waals surface area contributed by atoms with Gasteiger partial charge in [0.15, 0.2) is 0 Å². The van der Waals surface area contributed by atoms with Gasteiger partial charge in [-0.3, -0.25) is 4.98 Å². The summed E-state index contributed by atoms with van der Waals surface area (Å²) in [5, 5.41) is 1.82. The Balaban J connectivity index is 2.08. The molecular weight excluding hydrogens is 268 g/mol. The number of aromatic nitrogens is 1. The summed E-state index contributed by atoms with van der Waals surface area (Å²) in [5.74, 6) is 0. The molecule has 2 N–H and O–H groups in total. The lowest BCUT2D eigenvalue weighted by molar-refractivity contribution is 0.819. The van der Waals surface area contributed by atoms with E-state index in [0.717, 1.165) is 27.6 Å². The van der Waals surface area contributed by atoms with E-state index in [1.165, 1.54) is 0 Å². The summed E-state index contributed by atoms with van der Waals surface area (Å²) in [5.41, 5.74) is 9.95. The van der Waals surface area contributed by atoms with Gasteiger partial charge in [-0.25, -0.2) is 0 Å². The number of fused-ring (bicyclic) bond motifs is 1. The van der Waals surface area contributed by atoms with E-state index in [2.05, 4.69) is 17.1 Å². The molecule has 0 aliphatic rings. The van der Waals surface area contributed by atoms with Gasteiger partial charge < -0.3 is 5.73 Å². The van der Waals surface area contributed by atoms with Crippen LogP contribution in [0.3, 0.4) is 0 Å². The first-order chi connectivity index (χ1) is 9.65. The summed E-state index contributed by atoms with van der Waals surface area (Å²) < 4.78 is 0. The molecule has 2 aromatic carbocycles. The van der Waals surface area contributed by atoms with Crippen molar-refractivity contribution in [3.05, 3.63) is 65.3 Å². The number of nitrogens with two attached hydrogens (primary N) is 1. The Hall–Kier alpha value is -1.90. The predicted octanol–water partition coefficient (Wildman–Crippen LogP) is 4.57. The van der Waals surface area contributed by atoms with E-state index in [1.54, 1.807) is 0 Å². The number of rotatable bonds is 2. The maximum atomic E-state index is 6.29. The summed E-state index contributed by atoms with van der Waals surface area (Å²) >= 11 is 6.29. The monoisotopic (exact) mass is 282 g/mol. The van der Waals surface area contributed by atoms with E-state index in [9.17, 15) is 0 Å². The van der Waals surface area contributed by atoms with Crippen molar-refractivity contribution in [3.8, 4) is 11.1 Å². The molecule has 0 bridgehead atoms. The molecule has 100 valence electrons. The van der Waals surface area contributed by atoms with Crippen molar-refractivity contribution in [2.24, 2.45) is 5.73 Å². The van der Waals surface area contributed by atoms with Crippen molar-refractivity contribution in [2.75, 3.05) is 0 Å². The van der Waals surface area contributed by atoms with Gasteiger partial charge in [-0.2, -0.15) is 0 Å². The van der Waals surface area contributed by atoms with Crippen LogP contribution < -0.4 is 5.73 Å². The highest BCUT2D eigenvalue weighted by Crippen LogP contribution is 2.29. The van der Waals surface area contributed by atoms with Crippen LogP contribution in [0.1, 0.15) is 18.5 Å². The van der Waals surface area contributed by atoms with Crippen LogP contribution in [0, 0.1) is 0 Å². The van der Waals surface area contributed by atoms with Crippen LogP contribution in [0.25, 0.3) is 22.0 Å². The van der Waals surface area contributed by atoms with Gasteiger partial charge in [-0.05, 0) is 36.2 Å². The quantitative estimate of drug-likeness (QED) is 0.747. The molecule has 0 amide bonds. The molecule has 0 radical (unpaired) electrons. The first-order valence-corrected chi connectivity index (χ1v) is 6.93. The number of benzene rings is 2. The fourth-order valence-electron chi connectivity index (χ4n) is 2.30. The molecule has 0 spiro atoms. The number of hydrogen-bond donors (Lipinski definition) is 1. The average Bonchev–Trinajstić information content (AvgIpc) is 2.46. The van der Waals surface area contributed by atoms with Crippen molar-refractivity contribution in [1.29, 1.82) is 0 Å². The first-order valence-electron chi connectivity index (χ1n) is 6.55. The van der Waals surface area contributed by atoms with Crippen molar-refractivity contribution in [2.45, 2.75) is 13.0 Å². The largest absolute Gasteiger partial charge is 0.324 e. The van der Waals surface area contributed by atoms with Gasteiger partial charge in [0.1, 0.15) is 0 Å². The Morgan fingerprint density at radius 3 is 2.60 bits per heavy atom. The van der Waals surface area contributed by atoms with E-state index < -0.39 is 0 Å². The standard InChI is InChI=1S/C17H15ClN2/c1-11(19)15-7-6-12(9-16(15)18)14-8-13-4-2-3-5-17(13)20-10-14/h2-11H,19H2,1H3. The van der Waals surface area contributed by atoms with Crippen LogP contribution in [0.15, 0.2) is 54.7 Å². The molecule has 1 unspecified atom stereocenters. The average molecular weight is 283 g/mol. The highest BCUT2D eigenvalue weighted by Gasteiger charge is 2.07. The molecular formula is C17H15ClN2. The molecule has 1 aromatic heterocycles. The summed E-state index contributed by atoms with van der Waals surface area (Å²) in [6, 6.07) is 16.1. The van der Waals surface area contributed by atoms with E-state index in [1.807, 2.05) is 49.5 Å². The Kier molecular flexibility index (Phi) is 3.43. The van der Waals surface area contributed by atoms with Crippen LogP contribution in [-0.4, -0.2) is 4.98 Å². The molecule has 20 heavy (non-hydrogen) atoms. The molecule has 3 heteroatoms. The summed E-state index contributed by atoms with van der Waals surface area (Å²) in [7, 11) is 0. The molecule has 3 rings (SSSR count). The summed E-state index contributed by atoms with van der Waals surface area (Å²) in [6.07, 6.45) is 1.87. The lowest BCUT2D eigenvalue weighted by Crippen LogP contribution is -2.05. The minimum Gasteiger partial charge on any atom is -0.324 e. The predicted molar refractivity (Wildman–Crippen MR) is 84.8 cm³/mol. The van der Waals surface area contributed by atoms with Gasteiger partial charge in [-0.1, -0.05) is 41.9 Å².